The van der Waals surface area contributed by atoms with Crippen molar-refractivity contribution in [2.45, 2.75) is 0 Å². The van der Waals surface area contributed by atoms with Crippen LogP contribution in [0.2, 0.25) is 0 Å². The molecule has 2 aliphatic heterocycles. The van der Waals surface area contributed by atoms with E-state index in [4.69, 9.17) is 11.8 Å². The average molecular weight is 270 g/mol. The van der Waals surface area contributed by atoms with E-state index in [2.05, 4.69) is 30.4 Å². The molecular weight excluding hydrogens is 257 g/mol. The van der Waals surface area contributed by atoms with Gasteiger partial charge in [0.1, 0.15) is 6.49 Å². The van der Waals surface area contributed by atoms with Crippen LogP contribution >= 0.6 is 22.4 Å². The van der Waals surface area contributed by atoms with Gasteiger partial charge in [0.25, 0.3) is 0 Å². The summed E-state index contributed by atoms with van der Waals surface area (Å²) in [5.41, 5.74) is 0. The van der Waals surface area contributed by atoms with Crippen molar-refractivity contribution in [3.05, 3.63) is 0 Å². The average Bonchev–Trinajstić information content (AvgIpc) is 2.92. The van der Waals surface area contributed by atoms with Gasteiger partial charge >= 0.3 is 0 Å². The minimum atomic E-state index is -1.44. The highest BCUT2D eigenvalue weighted by atomic mass is 79.9. The molecule has 0 bridgehead atoms. The van der Waals surface area contributed by atoms with Crippen molar-refractivity contribution in [1.82, 2.24) is 14.4 Å². The molecule has 3 nitrogen and oxygen atoms in total. The number of hydrogen-bond donors (Lipinski definition) is 1. The van der Waals surface area contributed by atoms with Crippen LogP contribution in [0, 0.1) is 0 Å². The van der Waals surface area contributed by atoms with E-state index in [0.29, 0.717) is 0 Å². The largest absolute Gasteiger partial charge is 0.264 e. The highest BCUT2D eigenvalue weighted by molar-refractivity contribution is 9.09. The molecule has 2 heterocycles. The molecule has 0 radical (unpaired) electrons. The molecule has 70 valence electrons. The molecule has 0 aliphatic carbocycles. The molecule has 0 spiro atoms. The molecule has 12 heavy (non-hydrogen) atoms. The fraction of sp³-hybridized carbons (Fsp3) is 1.00. The van der Waals surface area contributed by atoms with Crippen LogP contribution in [0.25, 0.3) is 0 Å². The predicted molar refractivity (Wildman–Crippen MR) is 59.2 cm³/mol. The highest BCUT2D eigenvalue weighted by Gasteiger charge is 2.43. The lowest BCUT2D eigenvalue weighted by Crippen LogP contribution is -2.22. The van der Waals surface area contributed by atoms with Crippen molar-refractivity contribution in [3.8, 4) is 0 Å². The topological polar surface area (TPSA) is 18.0 Å². The van der Waals surface area contributed by atoms with Gasteiger partial charge in [-0.3, -0.25) is 5.09 Å². The number of rotatable bonds is 5. The SMILES string of the molecule is S=P(NCCBr)(N1CC1)N1CC1. The minimum absolute atomic E-state index is 0.990. The van der Waals surface area contributed by atoms with Gasteiger partial charge in [0, 0.05) is 38.1 Å². The van der Waals surface area contributed by atoms with E-state index in [1.165, 1.54) is 26.2 Å². The summed E-state index contributed by atoms with van der Waals surface area (Å²) >= 11 is 9.08. The van der Waals surface area contributed by atoms with Crippen LogP contribution in [-0.2, 0) is 11.8 Å². The van der Waals surface area contributed by atoms with Gasteiger partial charge in [0.2, 0.25) is 0 Å². The second-order valence-corrected chi connectivity index (χ2v) is 7.90. The Morgan fingerprint density at radius 1 is 1.25 bits per heavy atom. The number of nitrogens with one attached hydrogen (secondary N) is 1. The molecule has 0 aromatic rings. The predicted octanol–water partition coefficient (Wildman–Crippen LogP) is 0.827. The molecular formula is C6H13BrN3PS. The summed E-state index contributed by atoms with van der Waals surface area (Å²) in [5.74, 6) is 0. The van der Waals surface area contributed by atoms with E-state index in [9.17, 15) is 0 Å². The van der Waals surface area contributed by atoms with E-state index in [0.717, 1.165) is 11.9 Å². The zero-order chi connectivity index (χ0) is 8.60. The first-order chi connectivity index (χ1) is 5.77. The maximum Gasteiger partial charge on any atom is 0.143 e. The van der Waals surface area contributed by atoms with E-state index >= 15 is 0 Å². The summed E-state index contributed by atoms with van der Waals surface area (Å²) in [4.78, 5) is 0. The molecule has 6 heteroatoms. The lowest BCUT2D eigenvalue weighted by molar-refractivity contribution is 0.752. The van der Waals surface area contributed by atoms with Crippen molar-refractivity contribution in [2.24, 2.45) is 0 Å². The fourth-order valence-electron chi connectivity index (χ4n) is 1.20. The molecule has 0 saturated carbocycles. The third-order valence-electron chi connectivity index (χ3n) is 2.03. The van der Waals surface area contributed by atoms with Gasteiger partial charge in [-0.1, -0.05) is 15.9 Å². The number of halogens is 1. The van der Waals surface area contributed by atoms with Gasteiger partial charge in [0.05, 0.1) is 0 Å². The molecule has 0 atom stereocenters. The first-order valence-electron chi connectivity index (χ1n) is 4.19. The summed E-state index contributed by atoms with van der Waals surface area (Å²) < 4.78 is 4.80. The first kappa shape index (κ1) is 9.56. The standard InChI is InChI=1S/C6H13BrN3PS/c7-1-2-8-11(12,9-3-4-9)10-5-6-10/h1-6H2,(H,8,12). The van der Waals surface area contributed by atoms with Gasteiger partial charge in [-0.25, -0.2) is 9.34 Å². The third-order valence-corrected chi connectivity index (χ3v) is 7.16. The van der Waals surface area contributed by atoms with Crippen LogP contribution in [-0.4, -0.2) is 47.4 Å². The van der Waals surface area contributed by atoms with E-state index in [1.807, 2.05) is 0 Å². The summed E-state index contributed by atoms with van der Waals surface area (Å²) in [6.45, 7) is 4.34. The van der Waals surface area contributed by atoms with Crippen LogP contribution in [0.1, 0.15) is 0 Å². The summed E-state index contributed by atoms with van der Waals surface area (Å²) in [6.07, 6.45) is 0. The molecule has 2 fully saturated rings. The maximum absolute atomic E-state index is 5.67. The third kappa shape index (κ3) is 1.91. The van der Waals surface area contributed by atoms with E-state index in [1.54, 1.807) is 0 Å². The molecule has 0 aromatic carbocycles. The zero-order valence-corrected chi connectivity index (χ0v) is 10.2. The molecule has 2 rings (SSSR count). The normalized spacial score (nSPS) is 24.4. The smallest absolute Gasteiger partial charge is 0.143 e. The number of nitrogens with zero attached hydrogens (tertiary/aromatic N) is 2. The van der Waals surface area contributed by atoms with Crippen LogP contribution in [0.5, 0.6) is 0 Å². The van der Waals surface area contributed by atoms with Gasteiger partial charge in [-0.05, 0) is 11.8 Å². The van der Waals surface area contributed by atoms with Crippen molar-refractivity contribution >= 4 is 34.2 Å². The first-order valence-corrected chi connectivity index (χ1v) is 8.02. The van der Waals surface area contributed by atoms with Gasteiger partial charge in [-0.15, -0.1) is 0 Å². The second-order valence-electron chi connectivity index (χ2n) is 3.05. The Morgan fingerprint density at radius 2 is 1.75 bits per heavy atom. The molecule has 0 unspecified atom stereocenters. The Balaban J connectivity index is 1.95. The summed E-state index contributed by atoms with van der Waals surface area (Å²) in [7, 11) is 0. The number of hydrogen-bond acceptors (Lipinski definition) is 1. The second kappa shape index (κ2) is 3.64. The van der Waals surface area contributed by atoms with Gasteiger partial charge in [0.15, 0.2) is 0 Å². The van der Waals surface area contributed by atoms with Crippen LogP contribution in [0.4, 0.5) is 0 Å². The van der Waals surface area contributed by atoms with Crippen molar-refractivity contribution in [3.63, 3.8) is 0 Å². The van der Waals surface area contributed by atoms with Crippen molar-refractivity contribution in [2.75, 3.05) is 38.1 Å². The van der Waals surface area contributed by atoms with Crippen LogP contribution < -0.4 is 5.09 Å². The molecule has 0 aromatic heterocycles. The zero-order valence-electron chi connectivity index (χ0n) is 6.87. The minimum Gasteiger partial charge on any atom is -0.264 e. The summed E-state index contributed by atoms with van der Waals surface area (Å²) in [6, 6.07) is 0. The Kier molecular flexibility index (Phi) is 2.90. The number of alkyl halides is 1. The van der Waals surface area contributed by atoms with Crippen molar-refractivity contribution < 1.29 is 0 Å². The molecule has 2 saturated heterocycles. The fourth-order valence-corrected chi connectivity index (χ4v) is 5.38. The highest BCUT2D eigenvalue weighted by Crippen LogP contribution is 2.56. The Hall–Kier alpha value is 1.01. The Bertz CT molecular complexity index is 201. The molecule has 1 N–H and O–H groups in total. The van der Waals surface area contributed by atoms with Crippen molar-refractivity contribution in [1.29, 1.82) is 0 Å². The van der Waals surface area contributed by atoms with E-state index < -0.39 is 6.49 Å². The monoisotopic (exact) mass is 269 g/mol. The molecule has 0 amide bonds. The molecule has 2 aliphatic rings. The lowest BCUT2D eigenvalue weighted by Gasteiger charge is -2.25. The Morgan fingerprint density at radius 3 is 2.08 bits per heavy atom. The van der Waals surface area contributed by atoms with Crippen LogP contribution in [0.15, 0.2) is 0 Å². The Labute approximate surface area is 86.8 Å². The van der Waals surface area contributed by atoms with E-state index in [-0.39, 0.29) is 0 Å². The quantitative estimate of drug-likeness (QED) is 0.453. The maximum atomic E-state index is 5.67. The summed E-state index contributed by atoms with van der Waals surface area (Å²) in [5, 5.41) is 4.49. The van der Waals surface area contributed by atoms with Gasteiger partial charge < -0.3 is 0 Å². The van der Waals surface area contributed by atoms with Gasteiger partial charge in [-0.2, -0.15) is 0 Å². The lowest BCUT2D eigenvalue weighted by atomic mass is 10.8. The van der Waals surface area contributed by atoms with Crippen LogP contribution in [0.3, 0.4) is 0 Å².